The molecule has 3 rings (SSSR count). The van der Waals surface area contributed by atoms with Crippen LogP contribution in [-0.2, 0) is 20.7 Å². The Bertz CT molecular complexity index is 749. The smallest absolute Gasteiger partial charge is 0.189 e. The van der Waals surface area contributed by atoms with Crippen LogP contribution in [0.25, 0.3) is 0 Å². The van der Waals surface area contributed by atoms with Crippen molar-refractivity contribution in [1.82, 2.24) is 0 Å². The molecule has 4 nitrogen and oxygen atoms in total. The average Bonchev–Trinajstić information content (AvgIpc) is 3.06. The largest absolute Gasteiger partial charge is 0.496 e. The molecule has 0 unspecified atom stereocenters. The minimum atomic E-state index is -0.538. The van der Waals surface area contributed by atoms with Gasteiger partial charge in [-0.1, -0.05) is 25.1 Å². The summed E-state index contributed by atoms with van der Waals surface area (Å²) in [5, 5.41) is 0. The number of rotatable bonds is 6. The van der Waals surface area contributed by atoms with Crippen molar-refractivity contribution < 1.29 is 19.0 Å². The number of hydrogen-bond acceptors (Lipinski definition) is 4. The zero-order chi connectivity index (χ0) is 18.9. The minimum Gasteiger partial charge on any atom is -0.496 e. The highest BCUT2D eigenvalue weighted by Crippen LogP contribution is 2.48. The van der Waals surface area contributed by atoms with Gasteiger partial charge in [-0.2, -0.15) is 0 Å². The molecule has 0 saturated carbocycles. The van der Waals surface area contributed by atoms with E-state index in [-0.39, 0.29) is 24.4 Å². The van der Waals surface area contributed by atoms with E-state index in [9.17, 15) is 4.79 Å². The van der Waals surface area contributed by atoms with Crippen molar-refractivity contribution in [2.45, 2.75) is 45.6 Å². The number of hydrogen-bond donors (Lipinski definition) is 0. The molecule has 1 aromatic rings. The molecule has 140 valence electrons. The number of carbonyl (C=O) groups excluding carboxylic acids is 1. The van der Waals surface area contributed by atoms with Crippen LogP contribution in [-0.4, -0.2) is 25.3 Å². The van der Waals surface area contributed by atoms with Gasteiger partial charge in [-0.05, 0) is 56.2 Å². The highest BCUT2D eigenvalue weighted by molar-refractivity contribution is 5.98. The van der Waals surface area contributed by atoms with Gasteiger partial charge in [0, 0.05) is 11.5 Å². The SMILES string of the molecule is C=CC[C@H]1C[C@]2([C@@H](C)Cc3ccc(C)c(OC)c3)OCOC2=C(C)C1=O. The summed E-state index contributed by atoms with van der Waals surface area (Å²) in [6, 6.07) is 6.30. The number of carbonyl (C=O) groups is 1. The molecule has 0 bridgehead atoms. The second-order valence-electron chi connectivity index (χ2n) is 7.45. The van der Waals surface area contributed by atoms with E-state index in [1.54, 1.807) is 7.11 Å². The van der Waals surface area contributed by atoms with Crippen LogP contribution in [0.4, 0.5) is 0 Å². The molecule has 1 aliphatic carbocycles. The molecule has 1 fully saturated rings. The van der Waals surface area contributed by atoms with Crippen LogP contribution in [0.3, 0.4) is 0 Å². The maximum Gasteiger partial charge on any atom is 0.189 e. The summed E-state index contributed by atoms with van der Waals surface area (Å²) in [5.74, 6) is 1.86. The molecule has 1 heterocycles. The third-order valence-electron chi connectivity index (χ3n) is 5.80. The monoisotopic (exact) mass is 356 g/mol. The molecule has 3 atom stereocenters. The fourth-order valence-electron chi connectivity index (χ4n) is 4.30. The molecule has 1 aromatic carbocycles. The first kappa shape index (κ1) is 18.7. The van der Waals surface area contributed by atoms with Crippen molar-refractivity contribution in [2.75, 3.05) is 13.9 Å². The third kappa shape index (κ3) is 3.07. The molecule has 1 saturated heterocycles. The van der Waals surface area contributed by atoms with E-state index in [2.05, 4.69) is 31.7 Å². The molecular formula is C22H28O4. The molecule has 0 spiro atoms. The number of ether oxygens (including phenoxy) is 3. The van der Waals surface area contributed by atoms with Crippen LogP contribution >= 0.6 is 0 Å². The predicted molar refractivity (Wildman–Crippen MR) is 101 cm³/mol. The van der Waals surface area contributed by atoms with Gasteiger partial charge >= 0.3 is 0 Å². The Morgan fingerprint density at radius 1 is 1.42 bits per heavy atom. The van der Waals surface area contributed by atoms with Gasteiger partial charge in [-0.3, -0.25) is 4.79 Å². The number of Topliss-reactive ketones (excluding diaryl/α,β-unsaturated/α-hetero) is 1. The summed E-state index contributed by atoms with van der Waals surface area (Å²) in [6.45, 7) is 10.1. The lowest BCUT2D eigenvalue weighted by Gasteiger charge is -2.40. The first-order valence-corrected chi connectivity index (χ1v) is 9.19. The van der Waals surface area contributed by atoms with E-state index in [4.69, 9.17) is 14.2 Å². The Morgan fingerprint density at radius 3 is 2.88 bits per heavy atom. The summed E-state index contributed by atoms with van der Waals surface area (Å²) >= 11 is 0. The topological polar surface area (TPSA) is 44.8 Å². The Hall–Kier alpha value is -2.07. The van der Waals surface area contributed by atoms with Gasteiger partial charge in [0.1, 0.15) is 17.1 Å². The number of aryl methyl sites for hydroxylation is 1. The van der Waals surface area contributed by atoms with Crippen LogP contribution in [0.1, 0.15) is 37.8 Å². The van der Waals surface area contributed by atoms with E-state index < -0.39 is 5.60 Å². The first-order chi connectivity index (χ1) is 12.4. The highest BCUT2D eigenvalue weighted by Gasteiger charge is 2.53. The van der Waals surface area contributed by atoms with E-state index in [0.717, 1.165) is 23.5 Å². The van der Waals surface area contributed by atoms with E-state index in [1.807, 2.05) is 19.9 Å². The molecule has 26 heavy (non-hydrogen) atoms. The average molecular weight is 356 g/mol. The van der Waals surface area contributed by atoms with Gasteiger partial charge in [0.25, 0.3) is 0 Å². The van der Waals surface area contributed by atoms with E-state index in [1.165, 1.54) is 5.56 Å². The van der Waals surface area contributed by atoms with Crippen LogP contribution in [0, 0.1) is 18.8 Å². The maximum atomic E-state index is 12.6. The number of allylic oxidation sites excluding steroid dienone is 2. The zero-order valence-electron chi connectivity index (χ0n) is 16.1. The van der Waals surface area contributed by atoms with Crippen molar-refractivity contribution in [3.63, 3.8) is 0 Å². The van der Waals surface area contributed by atoms with Crippen LogP contribution < -0.4 is 4.74 Å². The standard InChI is InChI=1S/C22H28O4/c1-6-7-18-12-22(21(25-13-26-22)16(4)20(18)23)15(3)10-17-9-8-14(2)19(11-17)24-5/h6,8-9,11,15,18H,1,7,10,12-13H2,2-5H3/t15-,18-,22+/m0/s1. The lowest BCUT2D eigenvalue weighted by molar-refractivity contribution is -0.124. The summed E-state index contributed by atoms with van der Waals surface area (Å²) in [5.41, 5.74) is 2.48. The van der Waals surface area contributed by atoms with E-state index >= 15 is 0 Å². The van der Waals surface area contributed by atoms with Crippen LogP contribution in [0.15, 0.2) is 42.2 Å². The molecule has 0 amide bonds. The fraction of sp³-hybridized carbons (Fsp3) is 0.500. The molecule has 4 heteroatoms. The molecular weight excluding hydrogens is 328 g/mol. The van der Waals surface area contributed by atoms with Crippen molar-refractivity contribution in [1.29, 1.82) is 0 Å². The Balaban J connectivity index is 1.92. The fourth-order valence-corrected chi connectivity index (χ4v) is 4.30. The molecule has 1 aliphatic heterocycles. The summed E-state index contributed by atoms with van der Waals surface area (Å²) < 4.78 is 17.4. The van der Waals surface area contributed by atoms with Crippen molar-refractivity contribution in [3.8, 4) is 5.75 Å². The molecule has 0 N–H and O–H groups in total. The third-order valence-corrected chi connectivity index (χ3v) is 5.80. The van der Waals surface area contributed by atoms with Crippen LogP contribution in [0.2, 0.25) is 0 Å². The lowest BCUT2D eigenvalue weighted by atomic mass is 9.69. The predicted octanol–water partition coefficient (Wildman–Crippen LogP) is 4.36. The number of ketones is 1. The van der Waals surface area contributed by atoms with Crippen molar-refractivity contribution >= 4 is 5.78 Å². The second-order valence-corrected chi connectivity index (χ2v) is 7.45. The summed E-state index contributed by atoms with van der Waals surface area (Å²) in [6.07, 6.45) is 3.96. The van der Waals surface area contributed by atoms with Crippen LogP contribution in [0.5, 0.6) is 5.75 Å². The zero-order valence-corrected chi connectivity index (χ0v) is 16.1. The summed E-state index contributed by atoms with van der Waals surface area (Å²) in [4.78, 5) is 12.6. The number of benzene rings is 1. The Morgan fingerprint density at radius 2 is 2.19 bits per heavy atom. The van der Waals surface area contributed by atoms with Gasteiger partial charge in [-0.25, -0.2) is 0 Å². The first-order valence-electron chi connectivity index (χ1n) is 9.19. The van der Waals surface area contributed by atoms with Gasteiger partial charge in [0.15, 0.2) is 12.6 Å². The maximum absolute atomic E-state index is 12.6. The Kier molecular flexibility index (Phi) is 5.24. The molecule has 0 aromatic heterocycles. The summed E-state index contributed by atoms with van der Waals surface area (Å²) in [7, 11) is 1.69. The van der Waals surface area contributed by atoms with Gasteiger partial charge in [0.2, 0.25) is 0 Å². The van der Waals surface area contributed by atoms with Crippen molar-refractivity contribution in [3.05, 3.63) is 53.3 Å². The lowest BCUT2D eigenvalue weighted by Crippen LogP contribution is -2.46. The second kappa shape index (κ2) is 7.28. The highest BCUT2D eigenvalue weighted by atomic mass is 16.7. The molecule has 0 radical (unpaired) electrons. The van der Waals surface area contributed by atoms with Gasteiger partial charge in [0.05, 0.1) is 7.11 Å². The minimum absolute atomic E-state index is 0.0899. The van der Waals surface area contributed by atoms with Crippen molar-refractivity contribution in [2.24, 2.45) is 11.8 Å². The normalized spacial score (nSPS) is 26.3. The van der Waals surface area contributed by atoms with Gasteiger partial charge in [-0.15, -0.1) is 6.58 Å². The molecule has 2 aliphatic rings. The van der Waals surface area contributed by atoms with Gasteiger partial charge < -0.3 is 14.2 Å². The number of methoxy groups -OCH3 is 1. The number of fused-ring (bicyclic) bond motifs is 1. The quantitative estimate of drug-likeness (QED) is 0.710. The van der Waals surface area contributed by atoms with E-state index in [0.29, 0.717) is 18.4 Å². The Labute approximate surface area is 155 Å².